The van der Waals surface area contributed by atoms with E-state index in [-0.39, 0.29) is 41.0 Å². The molecular weight excluding hydrogens is 773 g/mol. The van der Waals surface area contributed by atoms with Crippen LogP contribution in [0.4, 0.5) is 0 Å². The Morgan fingerprint density at radius 2 is 1.03 bits per heavy atom. The molecule has 354 valence electrons. The fraction of sp³-hybridized carbons (Fsp3) is 0.864. The van der Waals surface area contributed by atoms with Crippen LogP contribution in [0.5, 0.6) is 0 Å². The summed E-state index contributed by atoms with van der Waals surface area (Å²) >= 11 is 0. The van der Waals surface area contributed by atoms with Crippen LogP contribution in [-0.2, 0) is 19.1 Å². The van der Waals surface area contributed by atoms with Crippen molar-refractivity contribution in [2.45, 2.75) is 229 Å². The molecule has 4 nitrogen and oxygen atoms in total. The van der Waals surface area contributed by atoms with Gasteiger partial charge >= 0.3 is 11.9 Å². The van der Waals surface area contributed by atoms with Gasteiger partial charge in [-0.05, 0) is 183 Å². The van der Waals surface area contributed by atoms with Crippen molar-refractivity contribution in [3.05, 3.63) is 35.5 Å². The van der Waals surface area contributed by atoms with Gasteiger partial charge in [-0.2, -0.15) is 0 Å². The molecule has 0 heterocycles. The van der Waals surface area contributed by atoms with Gasteiger partial charge in [0.25, 0.3) is 0 Å². The Kier molecular flexibility index (Phi) is 14.1. The van der Waals surface area contributed by atoms with E-state index in [1.54, 1.807) is 0 Å². The quantitative estimate of drug-likeness (QED) is 0.0935. The second-order valence-corrected chi connectivity index (χ2v) is 26.0. The standard InChI is InChI=1S/C59H94O4/c1-37(2)14-12-16-39(5)48-22-24-50-46-20-18-42-35-44(26-30-56(42,8)52(46)28-32-58(48,50)10)62-54(60)34-41(7)55(61)63-45-27-31-57(9)43(36-45)19-21-47-51-25-23-49(40(6)17-13-15-38(3)4)59(51,11)33-29-53(47)57/h18-19,37-40,44-53H,7,12-17,20-36H2,1-6,8-11H3/t39-,40-,44+,45+,46+,47+,48-,49-,50+,51+,52+,53+,56+,57+,58-,59-/m1/s1. The summed E-state index contributed by atoms with van der Waals surface area (Å²) in [5, 5.41) is 0. The second kappa shape index (κ2) is 18.7. The Labute approximate surface area is 386 Å². The number of hydrogen-bond acceptors (Lipinski definition) is 4. The highest BCUT2D eigenvalue weighted by Gasteiger charge is 2.61. The van der Waals surface area contributed by atoms with Crippen molar-refractivity contribution < 1.29 is 19.1 Å². The van der Waals surface area contributed by atoms with Gasteiger partial charge in [-0.1, -0.05) is 138 Å². The van der Waals surface area contributed by atoms with E-state index in [1.807, 2.05) is 0 Å². The molecule has 0 aromatic heterocycles. The van der Waals surface area contributed by atoms with E-state index < -0.39 is 5.97 Å². The molecule has 6 fully saturated rings. The Hall–Kier alpha value is -1.84. The Balaban J connectivity index is 0.803. The van der Waals surface area contributed by atoms with E-state index in [4.69, 9.17) is 9.47 Å². The minimum Gasteiger partial charge on any atom is -0.462 e. The van der Waals surface area contributed by atoms with Gasteiger partial charge in [-0.3, -0.25) is 4.79 Å². The molecule has 0 aromatic rings. The van der Waals surface area contributed by atoms with Crippen LogP contribution in [0, 0.1) is 92.7 Å². The van der Waals surface area contributed by atoms with Gasteiger partial charge in [0.1, 0.15) is 12.2 Å². The average Bonchev–Trinajstić information content (AvgIpc) is 3.77. The van der Waals surface area contributed by atoms with E-state index in [9.17, 15) is 9.59 Å². The fourth-order valence-corrected chi connectivity index (χ4v) is 18.2. The summed E-state index contributed by atoms with van der Waals surface area (Å²) in [5.74, 6) is 9.08. The predicted molar refractivity (Wildman–Crippen MR) is 260 cm³/mol. The minimum absolute atomic E-state index is 0.0813. The number of carbonyl (C=O) groups excluding carboxylic acids is 2. The van der Waals surface area contributed by atoms with Crippen LogP contribution in [0.2, 0.25) is 0 Å². The third kappa shape index (κ3) is 9.03. The molecule has 6 saturated carbocycles. The predicted octanol–water partition coefficient (Wildman–Crippen LogP) is 15.8. The lowest BCUT2D eigenvalue weighted by atomic mass is 9.47. The van der Waals surface area contributed by atoms with Crippen LogP contribution in [0.15, 0.2) is 35.5 Å². The summed E-state index contributed by atoms with van der Waals surface area (Å²) in [6, 6.07) is 0. The third-order valence-electron chi connectivity index (χ3n) is 21.7. The Morgan fingerprint density at radius 1 is 0.587 bits per heavy atom. The molecule has 8 aliphatic rings. The molecule has 0 amide bonds. The Morgan fingerprint density at radius 3 is 1.48 bits per heavy atom. The molecule has 8 aliphatic carbocycles. The minimum atomic E-state index is -0.413. The summed E-state index contributed by atoms with van der Waals surface area (Å²) in [4.78, 5) is 26.9. The molecule has 0 saturated heterocycles. The van der Waals surface area contributed by atoms with Gasteiger partial charge in [0.05, 0.1) is 6.42 Å². The summed E-state index contributed by atoms with van der Waals surface area (Å²) in [5.41, 5.74) is 4.72. The molecule has 4 heteroatoms. The maximum absolute atomic E-state index is 13.5. The van der Waals surface area contributed by atoms with Crippen LogP contribution in [-0.4, -0.2) is 24.1 Å². The highest BCUT2D eigenvalue weighted by Crippen LogP contribution is 2.69. The summed E-state index contributed by atoms with van der Waals surface area (Å²) in [7, 11) is 0. The number of hydrogen-bond donors (Lipinski definition) is 0. The van der Waals surface area contributed by atoms with E-state index in [1.165, 1.54) is 114 Å². The van der Waals surface area contributed by atoms with Crippen LogP contribution in [0.1, 0.15) is 217 Å². The van der Waals surface area contributed by atoms with Crippen molar-refractivity contribution in [2.24, 2.45) is 92.7 Å². The number of carbonyl (C=O) groups is 2. The van der Waals surface area contributed by atoms with Gasteiger partial charge in [0.15, 0.2) is 0 Å². The van der Waals surface area contributed by atoms with Crippen LogP contribution in [0.25, 0.3) is 0 Å². The first kappa shape index (κ1) is 47.6. The fourth-order valence-electron chi connectivity index (χ4n) is 18.2. The smallest absolute Gasteiger partial charge is 0.334 e. The normalized spacial score (nSPS) is 42.7. The number of fused-ring (bicyclic) bond motifs is 10. The number of rotatable bonds is 15. The first-order valence-corrected chi connectivity index (χ1v) is 27.3. The summed E-state index contributed by atoms with van der Waals surface area (Å²) in [6.07, 6.45) is 32.3. The van der Waals surface area contributed by atoms with Crippen LogP contribution >= 0.6 is 0 Å². The van der Waals surface area contributed by atoms with Gasteiger partial charge < -0.3 is 9.47 Å². The molecule has 0 radical (unpaired) electrons. The van der Waals surface area contributed by atoms with Gasteiger partial charge in [0, 0.05) is 18.4 Å². The molecule has 0 bridgehead atoms. The third-order valence-corrected chi connectivity index (χ3v) is 21.7. The zero-order chi connectivity index (χ0) is 45.1. The molecule has 0 aliphatic heterocycles. The first-order valence-electron chi connectivity index (χ1n) is 27.3. The zero-order valence-corrected chi connectivity index (χ0v) is 42.3. The lowest BCUT2D eigenvalue weighted by molar-refractivity contribution is -0.154. The van der Waals surface area contributed by atoms with Crippen molar-refractivity contribution in [2.75, 3.05) is 0 Å². The van der Waals surface area contributed by atoms with E-state index in [0.29, 0.717) is 10.8 Å². The SMILES string of the molecule is C=C(CC(=O)O[C@H]1CC[C@@]2(C)C(=CC[C@H]3[C@@H]4CC[C@H]([C@H](C)CCCC(C)C)[C@@]4(C)CC[C@@H]32)C1)C(=O)O[C@H]1CC[C@@]2(C)C(=CC[C@H]3[C@@H]4CC[C@H]([C@H](C)CCCC(C)C)[C@@]4(C)CC[C@@H]32)C1. The molecule has 0 aromatic carbocycles. The van der Waals surface area contributed by atoms with Crippen LogP contribution < -0.4 is 0 Å². The monoisotopic (exact) mass is 867 g/mol. The summed E-state index contributed by atoms with van der Waals surface area (Å²) < 4.78 is 12.3. The highest BCUT2D eigenvalue weighted by atomic mass is 16.6. The van der Waals surface area contributed by atoms with Crippen molar-refractivity contribution in [1.82, 2.24) is 0 Å². The van der Waals surface area contributed by atoms with Crippen molar-refractivity contribution in [3.8, 4) is 0 Å². The molecular formula is C59H94O4. The van der Waals surface area contributed by atoms with Crippen LogP contribution in [0.3, 0.4) is 0 Å². The summed E-state index contributed by atoms with van der Waals surface area (Å²) in [6.45, 7) is 29.2. The van der Waals surface area contributed by atoms with E-state index >= 15 is 0 Å². The van der Waals surface area contributed by atoms with Crippen molar-refractivity contribution in [3.63, 3.8) is 0 Å². The van der Waals surface area contributed by atoms with Crippen molar-refractivity contribution >= 4 is 11.9 Å². The Bertz CT molecular complexity index is 1730. The van der Waals surface area contributed by atoms with Crippen molar-refractivity contribution in [1.29, 1.82) is 0 Å². The largest absolute Gasteiger partial charge is 0.462 e. The maximum atomic E-state index is 13.5. The average molecular weight is 867 g/mol. The molecule has 8 rings (SSSR count). The number of ether oxygens (including phenoxy) is 2. The van der Waals surface area contributed by atoms with Gasteiger partial charge in [-0.15, -0.1) is 0 Å². The lowest BCUT2D eigenvalue weighted by Gasteiger charge is -2.58. The topological polar surface area (TPSA) is 52.6 Å². The first-order chi connectivity index (χ1) is 29.9. The van der Waals surface area contributed by atoms with Gasteiger partial charge in [-0.25, -0.2) is 4.79 Å². The molecule has 16 atom stereocenters. The van der Waals surface area contributed by atoms with Gasteiger partial charge in [0.2, 0.25) is 0 Å². The van der Waals surface area contributed by atoms with E-state index in [0.717, 1.165) is 110 Å². The lowest BCUT2D eigenvalue weighted by Crippen LogP contribution is -2.51. The number of allylic oxidation sites excluding steroid dienone is 2. The maximum Gasteiger partial charge on any atom is 0.334 e. The molecule has 0 N–H and O–H groups in total. The zero-order valence-electron chi connectivity index (χ0n) is 42.3. The second-order valence-electron chi connectivity index (χ2n) is 26.0. The molecule has 0 unspecified atom stereocenters. The molecule has 0 spiro atoms. The highest BCUT2D eigenvalue weighted by molar-refractivity contribution is 5.93. The van der Waals surface area contributed by atoms with E-state index in [2.05, 4.69) is 88.0 Å². The number of esters is 2. The molecule has 63 heavy (non-hydrogen) atoms.